The number of aromatic nitrogens is 2. The number of hydrogen-bond donors (Lipinski definition) is 0. The molecule has 1 aliphatic rings. The van der Waals surface area contributed by atoms with Crippen molar-refractivity contribution in [3.63, 3.8) is 0 Å². The van der Waals surface area contributed by atoms with E-state index in [1.807, 2.05) is 27.7 Å². The zero-order chi connectivity index (χ0) is 30.9. The normalized spacial score (nSPS) is 20.2. The number of hydrogen-bond acceptors (Lipinski definition) is 5. The van der Waals surface area contributed by atoms with Crippen LogP contribution >= 0.6 is 15.9 Å². The van der Waals surface area contributed by atoms with Crippen molar-refractivity contribution in [2.45, 2.75) is 97.5 Å². The molecule has 3 rings (SSSR count). The van der Waals surface area contributed by atoms with Crippen LogP contribution in [-0.4, -0.2) is 45.2 Å². The van der Waals surface area contributed by atoms with Gasteiger partial charge in [-0.25, -0.2) is 14.8 Å². The Kier molecular flexibility index (Phi) is 10.2. The summed E-state index contributed by atoms with van der Waals surface area (Å²) in [6.45, 7) is 11.1. The molecule has 0 spiro atoms. The van der Waals surface area contributed by atoms with E-state index >= 15 is 0 Å². The summed E-state index contributed by atoms with van der Waals surface area (Å²) < 4.78 is 87.9. The van der Waals surface area contributed by atoms with E-state index < -0.39 is 35.6 Å². The molecule has 0 saturated carbocycles. The number of alkyl halides is 6. The highest BCUT2D eigenvalue weighted by Crippen LogP contribution is 2.39. The molecule has 41 heavy (non-hydrogen) atoms. The Morgan fingerprint density at radius 3 is 1.78 bits per heavy atom. The fraction of sp³-hybridized carbons (Fsp3) is 0.607. The molecule has 13 heteroatoms. The van der Waals surface area contributed by atoms with Gasteiger partial charge in [-0.1, -0.05) is 27.7 Å². The molecule has 1 aromatic heterocycles. The van der Waals surface area contributed by atoms with Crippen LogP contribution in [0.2, 0.25) is 0 Å². The van der Waals surface area contributed by atoms with Gasteiger partial charge in [-0.3, -0.25) is 0 Å². The van der Waals surface area contributed by atoms with Crippen molar-refractivity contribution in [3.8, 4) is 0 Å². The molecule has 1 fully saturated rings. The number of carbonyl (C=O) groups excluding carboxylic acids is 1. The highest BCUT2D eigenvalue weighted by Gasteiger charge is 2.44. The summed E-state index contributed by atoms with van der Waals surface area (Å²) in [5.74, 6) is 0.126. The van der Waals surface area contributed by atoms with E-state index in [1.165, 1.54) is 12.4 Å². The van der Waals surface area contributed by atoms with Gasteiger partial charge in [0.15, 0.2) is 0 Å². The second-order valence-corrected chi connectivity index (χ2v) is 12.2. The molecule has 1 aliphatic heterocycles. The maximum atomic E-state index is 13.6. The second-order valence-electron chi connectivity index (χ2n) is 11.3. The Bertz CT molecular complexity index is 1140. The predicted molar refractivity (Wildman–Crippen MR) is 146 cm³/mol. The van der Waals surface area contributed by atoms with Gasteiger partial charge in [0.2, 0.25) is 5.95 Å². The average Bonchev–Trinajstić information content (AvgIpc) is 2.85. The summed E-state index contributed by atoms with van der Waals surface area (Å²) in [7, 11) is 0. The number of halogens is 7. The zero-order valence-electron chi connectivity index (χ0n) is 23.7. The molecule has 1 saturated heterocycles. The highest BCUT2D eigenvalue weighted by molar-refractivity contribution is 9.10. The van der Waals surface area contributed by atoms with Crippen molar-refractivity contribution < 1.29 is 35.9 Å². The maximum Gasteiger partial charge on any atom is 0.416 e. The monoisotopic (exact) mass is 652 g/mol. The minimum Gasteiger partial charge on any atom is -0.447 e. The summed E-state index contributed by atoms with van der Waals surface area (Å²) in [5, 5.41) is 0. The van der Waals surface area contributed by atoms with Gasteiger partial charge < -0.3 is 14.5 Å². The van der Waals surface area contributed by atoms with Crippen LogP contribution in [-0.2, 0) is 23.6 Å². The van der Waals surface area contributed by atoms with Crippen LogP contribution in [0.25, 0.3) is 0 Å². The first-order valence-corrected chi connectivity index (χ1v) is 14.2. The van der Waals surface area contributed by atoms with Crippen molar-refractivity contribution in [3.05, 3.63) is 51.8 Å². The molecule has 6 nitrogen and oxygen atoms in total. The molecule has 1 amide bonds. The van der Waals surface area contributed by atoms with E-state index in [1.54, 1.807) is 23.6 Å². The second kappa shape index (κ2) is 12.7. The molecule has 0 N–H and O–H groups in total. The van der Waals surface area contributed by atoms with E-state index in [2.05, 4.69) is 25.9 Å². The fourth-order valence-corrected chi connectivity index (χ4v) is 5.43. The molecular formula is C28H35BrF6N4O2. The number of amides is 1. The molecule has 0 unspecified atom stereocenters. The van der Waals surface area contributed by atoms with Crippen molar-refractivity contribution >= 4 is 28.0 Å². The van der Waals surface area contributed by atoms with Crippen LogP contribution in [0.4, 0.5) is 37.1 Å². The average molecular weight is 654 g/mol. The minimum atomic E-state index is -4.97. The first-order valence-electron chi connectivity index (χ1n) is 13.4. The summed E-state index contributed by atoms with van der Waals surface area (Å²) in [5.41, 5.74) is -2.95. The van der Waals surface area contributed by atoms with Crippen LogP contribution < -0.4 is 4.90 Å². The molecule has 0 aliphatic carbocycles. The lowest BCUT2D eigenvalue weighted by Crippen LogP contribution is -2.60. The topological polar surface area (TPSA) is 58.6 Å². The van der Waals surface area contributed by atoms with Gasteiger partial charge in [0, 0.05) is 37.1 Å². The van der Waals surface area contributed by atoms with Gasteiger partial charge in [-0.2, -0.15) is 26.3 Å². The Morgan fingerprint density at radius 2 is 1.39 bits per heavy atom. The molecular weight excluding hydrogens is 618 g/mol. The first-order chi connectivity index (χ1) is 18.9. The molecule has 2 aromatic rings. The Morgan fingerprint density at radius 1 is 0.927 bits per heavy atom. The number of ether oxygens (including phenoxy) is 1. The number of benzene rings is 1. The third-order valence-electron chi connectivity index (χ3n) is 7.13. The lowest BCUT2D eigenvalue weighted by molar-refractivity contribution is -0.143. The van der Waals surface area contributed by atoms with Crippen molar-refractivity contribution in [1.82, 2.24) is 14.9 Å². The van der Waals surface area contributed by atoms with Gasteiger partial charge in [0.05, 0.1) is 21.7 Å². The van der Waals surface area contributed by atoms with Crippen LogP contribution in [0.1, 0.15) is 71.1 Å². The number of piperidine rings is 1. The largest absolute Gasteiger partial charge is 0.447 e. The standard InChI is InChI=1S/C28H35BrF6N4O2/c1-15(2)23-10-22(11-24(16(3)4)39(23)26(40)41-17(5)6)38(25-36-12-21(29)13-37-25)14-18-7-19(27(30,31)32)9-20(8-18)28(33,34)35/h7-9,12-13,15-17,22-24H,10-11,14H2,1-6H3/t23-,24-/m0/s1. The van der Waals surface area contributed by atoms with E-state index in [-0.39, 0.29) is 54.1 Å². The smallest absolute Gasteiger partial charge is 0.416 e. The number of anilines is 1. The number of nitrogens with zero attached hydrogens (tertiary/aromatic N) is 4. The SMILES string of the molecule is CC(C)OC(=O)N1[C@H](C(C)C)CC(N(Cc2cc(C(F)(F)F)cc(C(F)(F)F)c2)c2ncc(Br)cn2)C[C@H]1C(C)C. The van der Waals surface area contributed by atoms with Crippen LogP contribution in [0.15, 0.2) is 35.1 Å². The zero-order valence-corrected chi connectivity index (χ0v) is 25.3. The Hall–Kier alpha value is -2.57. The van der Waals surface area contributed by atoms with E-state index in [4.69, 9.17) is 4.74 Å². The quantitative estimate of drug-likeness (QED) is 0.281. The summed E-state index contributed by atoms with van der Waals surface area (Å²) in [6.07, 6.45) is -7.01. The van der Waals surface area contributed by atoms with Gasteiger partial charge in [0.1, 0.15) is 0 Å². The maximum absolute atomic E-state index is 13.6. The van der Waals surface area contributed by atoms with E-state index in [9.17, 15) is 31.1 Å². The van der Waals surface area contributed by atoms with Crippen molar-refractivity contribution in [1.29, 1.82) is 0 Å². The molecule has 2 atom stereocenters. The van der Waals surface area contributed by atoms with E-state index in [0.717, 1.165) is 12.1 Å². The third kappa shape index (κ3) is 8.26. The lowest BCUT2D eigenvalue weighted by Gasteiger charge is -2.50. The van der Waals surface area contributed by atoms with Crippen molar-refractivity contribution in [2.24, 2.45) is 11.8 Å². The van der Waals surface area contributed by atoms with Crippen LogP contribution in [0, 0.1) is 11.8 Å². The minimum absolute atomic E-state index is 0.0168. The lowest BCUT2D eigenvalue weighted by atomic mass is 9.81. The van der Waals surface area contributed by atoms with E-state index in [0.29, 0.717) is 17.3 Å². The Labute approximate surface area is 244 Å². The summed E-state index contributed by atoms with van der Waals surface area (Å²) in [6, 6.07) is 0.566. The number of rotatable bonds is 7. The van der Waals surface area contributed by atoms with Gasteiger partial charge in [0.25, 0.3) is 0 Å². The summed E-state index contributed by atoms with van der Waals surface area (Å²) >= 11 is 3.27. The Balaban J connectivity index is 2.11. The molecule has 2 heterocycles. The van der Waals surface area contributed by atoms with Gasteiger partial charge in [-0.15, -0.1) is 0 Å². The third-order valence-corrected chi connectivity index (χ3v) is 7.54. The predicted octanol–water partition coefficient (Wildman–Crippen LogP) is 8.34. The van der Waals surface area contributed by atoms with Gasteiger partial charge in [-0.05, 0) is 78.2 Å². The van der Waals surface area contributed by atoms with Crippen molar-refractivity contribution in [2.75, 3.05) is 4.90 Å². The summed E-state index contributed by atoms with van der Waals surface area (Å²) in [4.78, 5) is 25.3. The van der Waals surface area contributed by atoms with Crippen LogP contribution in [0.3, 0.4) is 0 Å². The number of likely N-dealkylation sites (tertiary alicyclic amines) is 1. The molecule has 1 aromatic carbocycles. The molecule has 0 radical (unpaired) electrons. The fourth-order valence-electron chi connectivity index (χ4n) is 5.23. The van der Waals surface area contributed by atoms with Crippen LogP contribution in [0.5, 0.6) is 0 Å². The highest BCUT2D eigenvalue weighted by atomic mass is 79.9. The molecule has 228 valence electrons. The first kappa shape index (κ1) is 32.9. The number of carbonyl (C=O) groups is 1. The van der Waals surface area contributed by atoms with Gasteiger partial charge >= 0.3 is 18.4 Å². The molecule has 0 bridgehead atoms.